The molecule has 7 nitrogen and oxygen atoms in total. The molecule has 2 atom stereocenters. The highest BCUT2D eigenvalue weighted by atomic mass is 16.2. The van der Waals surface area contributed by atoms with E-state index in [1.807, 2.05) is 49.1 Å². The van der Waals surface area contributed by atoms with Crippen molar-refractivity contribution in [3.05, 3.63) is 77.1 Å². The summed E-state index contributed by atoms with van der Waals surface area (Å²) in [7, 11) is 3.29. The van der Waals surface area contributed by atoms with Gasteiger partial charge in [0.05, 0.1) is 17.3 Å². The number of aryl methyl sites for hydroxylation is 2. The largest absolute Gasteiger partial charge is 0.356 e. The Hall–Kier alpha value is -3.92. The Balaban J connectivity index is 2.06. The standard InChI is InChI=1S/C27H31N5O2/c1-18-13-19(2)15-23(14-18)32(27(34)30(5)6)26(33)24-11-12-31(20(3)29-4)17-25(24)22-9-7-21(16-28)8-10-22/h7-10,13-15,24-25H,3-4,11-12,17H2,1-2,5-6H3/t24-,25-/m0/s1. The van der Waals surface area contributed by atoms with Crippen LogP contribution in [0.25, 0.3) is 0 Å². The molecule has 0 unspecified atom stereocenters. The molecule has 0 aliphatic carbocycles. The quantitative estimate of drug-likeness (QED) is 0.621. The molecule has 0 aromatic heterocycles. The second kappa shape index (κ2) is 10.3. The minimum atomic E-state index is -0.438. The molecule has 1 heterocycles. The van der Waals surface area contributed by atoms with Crippen LogP contribution in [-0.2, 0) is 4.79 Å². The number of carbonyl (C=O) groups excluding carboxylic acids is 2. The van der Waals surface area contributed by atoms with Crippen LogP contribution < -0.4 is 4.90 Å². The van der Waals surface area contributed by atoms with Crippen molar-refractivity contribution in [1.29, 1.82) is 5.26 Å². The zero-order chi connectivity index (χ0) is 25.0. The smallest absolute Gasteiger partial charge is 0.330 e. The zero-order valence-corrected chi connectivity index (χ0v) is 20.3. The number of nitriles is 1. The fraction of sp³-hybridized carbons (Fsp3) is 0.333. The number of rotatable bonds is 5. The van der Waals surface area contributed by atoms with Crippen LogP contribution in [0.15, 0.2) is 59.9 Å². The average molecular weight is 458 g/mol. The number of amides is 3. The predicted octanol–water partition coefficient (Wildman–Crippen LogP) is 4.47. The van der Waals surface area contributed by atoms with E-state index in [-0.39, 0.29) is 17.9 Å². The van der Waals surface area contributed by atoms with Crippen LogP contribution in [0.1, 0.15) is 34.6 Å². The first-order chi connectivity index (χ1) is 16.2. The fourth-order valence-corrected chi connectivity index (χ4v) is 4.50. The summed E-state index contributed by atoms with van der Waals surface area (Å²) in [5, 5.41) is 9.19. The van der Waals surface area contributed by atoms with Gasteiger partial charge in [-0.3, -0.25) is 4.79 Å². The van der Waals surface area contributed by atoms with Crippen LogP contribution in [0.4, 0.5) is 10.5 Å². The van der Waals surface area contributed by atoms with Gasteiger partial charge in [0.2, 0.25) is 5.91 Å². The normalized spacial score (nSPS) is 17.4. The van der Waals surface area contributed by atoms with Gasteiger partial charge in [0.15, 0.2) is 0 Å². The summed E-state index contributed by atoms with van der Waals surface area (Å²) in [6.45, 7) is 12.5. The van der Waals surface area contributed by atoms with Gasteiger partial charge in [-0.05, 0) is 67.9 Å². The minimum Gasteiger partial charge on any atom is -0.356 e. The summed E-state index contributed by atoms with van der Waals surface area (Å²) >= 11 is 0. The molecule has 0 spiro atoms. The number of carbonyl (C=O) groups is 2. The van der Waals surface area contributed by atoms with Gasteiger partial charge in [-0.2, -0.15) is 5.26 Å². The minimum absolute atomic E-state index is 0.212. The maximum absolute atomic E-state index is 14.1. The van der Waals surface area contributed by atoms with E-state index in [9.17, 15) is 14.9 Å². The summed E-state index contributed by atoms with van der Waals surface area (Å²) in [4.78, 5) is 36.0. The zero-order valence-electron chi connectivity index (χ0n) is 20.3. The molecule has 176 valence electrons. The molecular formula is C27H31N5O2. The summed E-state index contributed by atoms with van der Waals surface area (Å²) in [6.07, 6.45) is 0.528. The van der Waals surface area contributed by atoms with Gasteiger partial charge in [-0.15, -0.1) is 0 Å². The number of anilines is 1. The SMILES string of the molecule is C=NC(=C)N1CC[C@H](C(=O)N(C(=O)N(C)C)c2cc(C)cc(C)c2)[C@H](c2ccc(C#N)cc2)C1. The van der Waals surface area contributed by atoms with Crippen LogP contribution in [0.5, 0.6) is 0 Å². The van der Waals surface area contributed by atoms with Crippen LogP contribution in [0.3, 0.4) is 0 Å². The molecule has 7 heteroatoms. The third kappa shape index (κ3) is 5.18. The van der Waals surface area contributed by atoms with E-state index >= 15 is 0 Å². The van der Waals surface area contributed by atoms with Crippen molar-refractivity contribution >= 4 is 24.3 Å². The first-order valence-electron chi connectivity index (χ1n) is 11.2. The first-order valence-corrected chi connectivity index (χ1v) is 11.2. The van der Waals surface area contributed by atoms with Gasteiger partial charge in [-0.25, -0.2) is 14.7 Å². The lowest BCUT2D eigenvalue weighted by Gasteiger charge is -2.40. The second-order valence-electron chi connectivity index (χ2n) is 8.95. The molecule has 0 bridgehead atoms. The van der Waals surface area contributed by atoms with Crippen molar-refractivity contribution in [2.24, 2.45) is 10.9 Å². The van der Waals surface area contributed by atoms with Gasteiger partial charge in [0.1, 0.15) is 5.82 Å². The first kappa shape index (κ1) is 24.7. The lowest BCUT2D eigenvalue weighted by atomic mass is 9.79. The summed E-state index contributed by atoms with van der Waals surface area (Å²) in [6, 6.07) is 14.8. The molecule has 3 amide bonds. The lowest BCUT2D eigenvalue weighted by molar-refractivity contribution is -0.123. The van der Waals surface area contributed by atoms with Gasteiger partial charge >= 0.3 is 6.03 Å². The molecule has 1 aliphatic rings. The summed E-state index contributed by atoms with van der Waals surface area (Å²) < 4.78 is 0. The van der Waals surface area contributed by atoms with Crippen molar-refractivity contribution in [3.8, 4) is 6.07 Å². The number of piperidine rings is 1. The van der Waals surface area contributed by atoms with E-state index in [0.717, 1.165) is 16.7 Å². The Morgan fingerprint density at radius 1 is 1.12 bits per heavy atom. The molecule has 2 aromatic carbocycles. The molecular weight excluding hydrogens is 426 g/mol. The topological polar surface area (TPSA) is 80.0 Å². The van der Waals surface area contributed by atoms with E-state index in [0.29, 0.717) is 36.6 Å². The molecule has 34 heavy (non-hydrogen) atoms. The number of hydrogen-bond donors (Lipinski definition) is 0. The molecule has 2 aromatic rings. The average Bonchev–Trinajstić information content (AvgIpc) is 2.82. The Bertz CT molecular complexity index is 1130. The monoisotopic (exact) mass is 457 g/mol. The van der Waals surface area contributed by atoms with E-state index in [4.69, 9.17) is 0 Å². The molecule has 0 saturated carbocycles. The molecule has 1 fully saturated rings. The van der Waals surface area contributed by atoms with Crippen LogP contribution >= 0.6 is 0 Å². The fourth-order valence-electron chi connectivity index (χ4n) is 4.50. The Morgan fingerprint density at radius 3 is 2.26 bits per heavy atom. The van der Waals surface area contributed by atoms with Crippen LogP contribution in [-0.4, -0.2) is 55.6 Å². The van der Waals surface area contributed by atoms with Gasteiger partial charge < -0.3 is 9.80 Å². The highest BCUT2D eigenvalue weighted by Gasteiger charge is 2.40. The number of benzene rings is 2. The van der Waals surface area contributed by atoms with Gasteiger partial charge in [0.25, 0.3) is 0 Å². The maximum Gasteiger partial charge on any atom is 0.330 e. The highest BCUT2D eigenvalue weighted by Crippen LogP contribution is 2.37. The lowest BCUT2D eigenvalue weighted by Crippen LogP contribution is -2.50. The summed E-state index contributed by atoms with van der Waals surface area (Å²) in [5.41, 5.74) is 4.00. The molecule has 0 N–H and O–H groups in total. The molecule has 1 saturated heterocycles. The van der Waals surface area contributed by atoms with Crippen LogP contribution in [0, 0.1) is 31.1 Å². The Kier molecular flexibility index (Phi) is 7.52. The van der Waals surface area contributed by atoms with Crippen molar-refractivity contribution in [1.82, 2.24) is 9.80 Å². The van der Waals surface area contributed by atoms with Gasteiger partial charge in [0, 0.05) is 39.0 Å². The third-order valence-electron chi connectivity index (χ3n) is 6.20. The Morgan fingerprint density at radius 2 is 1.74 bits per heavy atom. The van der Waals surface area contributed by atoms with E-state index < -0.39 is 5.92 Å². The molecule has 3 rings (SSSR count). The van der Waals surface area contributed by atoms with Crippen molar-refractivity contribution < 1.29 is 9.59 Å². The van der Waals surface area contributed by atoms with Crippen molar-refractivity contribution in [2.45, 2.75) is 26.2 Å². The number of nitrogens with zero attached hydrogens (tertiary/aromatic N) is 5. The number of imide groups is 1. The maximum atomic E-state index is 14.1. The molecule has 0 radical (unpaired) electrons. The highest BCUT2D eigenvalue weighted by molar-refractivity contribution is 6.15. The van der Waals surface area contributed by atoms with Crippen molar-refractivity contribution in [2.75, 3.05) is 32.1 Å². The summed E-state index contributed by atoms with van der Waals surface area (Å²) in [5.74, 6) is -0.336. The number of hydrogen-bond acceptors (Lipinski definition) is 5. The van der Waals surface area contributed by atoms with E-state index in [2.05, 4.69) is 24.4 Å². The molecule has 1 aliphatic heterocycles. The van der Waals surface area contributed by atoms with E-state index in [1.54, 1.807) is 26.2 Å². The van der Waals surface area contributed by atoms with E-state index in [1.165, 1.54) is 9.80 Å². The number of likely N-dealkylation sites (tertiary alicyclic amines) is 1. The van der Waals surface area contributed by atoms with Gasteiger partial charge in [-0.1, -0.05) is 24.8 Å². The Labute approximate surface area is 201 Å². The second-order valence-corrected chi connectivity index (χ2v) is 8.95. The van der Waals surface area contributed by atoms with Crippen molar-refractivity contribution in [3.63, 3.8) is 0 Å². The third-order valence-corrected chi connectivity index (χ3v) is 6.20. The number of urea groups is 1. The van der Waals surface area contributed by atoms with Crippen LogP contribution in [0.2, 0.25) is 0 Å². The predicted molar refractivity (Wildman–Crippen MR) is 135 cm³/mol. The number of aliphatic imine (C=N–C) groups is 1.